The third-order valence-electron chi connectivity index (χ3n) is 4.88. The molecule has 1 aliphatic heterocycles. The largest absolute Gasteiger partial charge is 0.293 e. The number of aryl methyl sites for hydroxylation is 2. The molecular formula is C19H23N5O. The Morgan fingerprint density at radius 1 is 1.20 bits per heavy atom. The Morgan fingerprint density at radius 2 is 2.08 bits per heavy atom. The van der Waals surface area contributed by atoms with Gasteiger partial charge in [-0.15, -0.1) is 0 Å². The van der Waals surface area contributed by atoms with E-state index in [4.69, 9.17) is 0 Å². The number of nitrogens with zero attached hydrogens (tertiary/aromatic N) is 5. The van der Waals surface area contributed by atoms with E-state index in [2.05, 4.69) is 28.1 Å². The Kier molecular flexibility index (Phi) is 4.13. The number of likely N-dealkylation sites (tertiary alicyclic amines) is 1. The van der Waals surface area contributed by atoms with Gasteiger partial charge in [0, 0.05) is 31.0 Å². The Labute approximate surface area is 146 Å². The van der Waals surface area contributed by atoms with Gasteiger partial charge in [-0.2, -0.15) is 5.10 Å². The molecule has 1 saturated heterocycles. The molecule has 0 radical (unpaired) electrons. The minimum Gasteiger partial charge on any atom is -0.293 e. The average molecular weight is 337 g/mol. The van der Waals surface area contributed by atoms with E-state index in [1.807, 2.05) is 36.1 Å². The number of hydrogen-bond donors (Lipinski definition) is 0. The molecule has 0 bridgehead atoms. The van der Waals surface area contributed by atoms with Crippen molar-refractivity contribution in [3.8, 4) is 0 Å². The molecule has 1 atom stereocenters. The fourth-order valence-electron chi connectivity index (χ4n) is 3.64. The van der Waals surface area contributed by atoms with Crippen molar-refractivity contribution in [2.45, 2.75) is 45.8 Å². The number of rotatable bonds is 4. The molecule has 6 heteroatoms. The first-order valence-corrected chi connectivity index (χ1v) is 8.80. The molecule has 0 saturated carbocycles. The van der Waals surface area contributed by atoms with Crippen molar-refractivity contribution in [3.63, 3.8) is 0 Å². The molecule has 1 aliphatic rings. The van der Waals surface area contributed by atoms with Crippen LogP contribution >= 0.6 is 0 Å². The van der Waals surface area contributed by atoms with Crippen LogP contribution in [0.5, 0.6) is 0 Å². The van der Waals surface area contributed by atoms with Crippen molar-refractivity contribution in [2.75, 3.05) is 6.54 Å². The zero-order valence-electron chi connectivity index (χ0n) is 14.7. The molecule has 0 spiro atoms. The fraction of sp³-hybridized carbons (Fsp3) is 0.421. The second kappa shape index (κ2) is 6.44. The van der Waals surface area contributed by atoms with Crippen LogP contribution in [0, 0.1) is 13.8 Å². The van der Waals surface area contributed by atoms with E-state index in [9.17, 15) is 4.79 Å². The SMILES string of the molecule is Cc1cnn(C[C@H]2CCCN2Cc2cc(=O)n3cc(C)ccc3n2)c1. The van der Waals surface area contributed by atoms with Gasteiger partial charge in [0.25, 0.3) is 5.56 Å². The summed E-state index contributed by atoms with van der Waals surface area (Å²) in [6.45, 7) is 6.68. The summed E-state index contributed by atoms with van der Waals surface area (Å²) >= 11 is 0. The maximum absolute atomic E-state index is 12.4. The number of aromatic nitrogens is 4. The molecular weight excluding hydrogens is 314 g/mol. The Bertz CT molecular complexity index is 958. The lowest BCUT2D eigenvalue weighted by atomic mass is 10.2. The van der Waals surface area contributed by atoms with Crippen molar-refractivity contribution in [2.24, 2.45) is 0 Å². The highest BCUT2D eigenvalue weighted by Crippen LogP contribution is 2.21. The standard InChI is InChI=1S/C19H23N5O/c1-14-5-6-18-21-16(8-19(25)24(18)11-14)12-22-7-3-4-17(22)13-23-10-15(2)9-20-23/h5-6,8-11,17H,3-4,7,12-13H2,1-2H3/t17-/m1/s1. The van der Waals surface area contributed by atoms with Crippen LogP contribution in [-0.4, -0.2) is 36.7 Å². The predicted octanol–water partition coefficient (Wildman–Crippen LogP) is 2.17. The van der Waals surface area contributed by atoms with Gasteiger partial charge < -0.3 is 0 Å². The van der Waals surface area contributed by atoms with Crippen LogP contribution in [0.3, 0.4) is 0 Å². The predicted molar refractivity (Wildman–Crippen MR) is 96.6 cm³/mol. The molecule has 0 unspecified atom stereocenters. The summed E-state index contributed by atoms with van der Waals surface area (Å²) in [6.07, 6.45) is 8.15. The highest BCUT2D eigenvalue weighted by Gasteiger charge is 2.25. The van der Waals surface area contributed by atoms with Gasteiger partial charge >= 0.3 is 0 Å². The molecule has 4 heterocycles. The minimum atomic E-state index is -0.0119. The summed E-state index contributed by atoms with van der Waals surface area (Å²) in [6, 6.07) is 6.01. The lowest BCUT2D eigenvalue weighted by molar-refractivity contribution is 0.217. The van der Waals surface area contributed by atoms with Crippen LogP contribution < -0.4 is 5.56 Å². The van der Waals surface area contributed by atoms with Gasteiger partial charge in [-0.25, -0.2) is 4.98 Å². The van der Waals surface area contributed by atoms with Crippen LogP contribution in [0.25, 0.3) is 5.65 Å². The van der Waals surface area contributed by atoms with E-state index in [1.165, 1.54) is 12.0 Å². The summed E-state index contributed by atoms with van der Waals surface area (Å²) in [5.41, 5.74) is 3.79. The van der Waals surface area contributed by atoms with E-state index in [0.29, 0.717) is 18.2 Å². The quantitative estimate of drug-likeness (QED) is 0.732. The third-order valence-corrected chi connectivity index (χ3v) is 4.88. The highest BCUT2D eigenvalue weighted by molar-refractivity contribution is 5.39. The summed E-state index contributed by atoms with van der Waals surface area (Å²) in [5.74, 6) is 0. The van der Waals surface area contributed by atoms with E-state index < -0.39 is 0 Å². The monoisotopic (exact) mass is 337 g/mol. The van der Waals surface area contributed by atoms with Gasteiger partial charge in [0.1, 0.15) is 5.65 Å². The van der Waals surface area contributed by atoms with Gasteiger partial charge in [-0.1, -0.05) is 6.07 Å². The molecule has 25 heavy (non-hydrogen) atoms. The first-order chi connectivity index (χ1) is 12.1. The second-order valence-corrected chi connectivity index (χ2v) is 7.03. The maximum atomic E-state index is 12.4. The lowest BCUT2D eigenvalue weighted by Gasteiger charge is -2.24. The minimum absolute atomic E-state index is 0.0119. The zero-order chi connectivity index (χ0) is 17.4. The van der Waals surface area contributed by atoms with Crippen LogP contribution in [0.2, 0.25) is 0 Å². The van der Waals surface area contributed by atoms with Gasteiger partial charge in [0.2, 0.25) is 0 Å². The van der Waals surface area contributed by atoms with Crippen molar-refractivity contribution in [1.29, 1.82) is 0 Å². The van der Waals surface area contributed by atoms with Crippen LogP contribution in [0.1, 0.15) is 29.7 Å². The Balaban J connectivity index is 1.55. The molecule has 3 aromatic heterocycles. The van der Waals surface area contributed by atoms with E-state index >= 15 is 0 Å². The molecule has 4 rings (SSSR count). The summed E-state index contributed by atoms with van der Waals surface area (Å²) < 4.78 is 3.64. The Hall–Kier alpha value is -2.47. The highest BCUT2D eigenvalue weighted by atomic mass is 16.1. The third kappa shape index (κ3) is 3.35. The first-order valence-electron chi connectivity index (χ1n) is 8.80. The van der Waals surface area contributed by atoms with Gasteiger partial charge in [-0.05, 0) is 50.4 Å². The van der Waals surface area contributed by atoms with Crippen LogP contribution in [0.4, 0.5) is 0 Å². The molecule has 6 nitrogen and oxygen atoms in total. The van der Waals surface area contributed by atoms with Gasteiger partial charge in [0.05, 0.1) is 18.4 Å². The summed E-state index contributed by atoms with van der Waals surface area (Å²) in [7, 11) is 0. The molecule has 0 aromatic carbocycles. The molecule has 0 N–H and O–H groups in total. The van der Waals surface area contributed by atoms with Crippen LogP contribution in [0.15, 0.2) is 41.6 Å². The van der Waals surface area contributed by atoms with E-state index in [0.717, 1.165) is 30.8 Å². The number of hydrogen-bond acceptors (Lipinski definition) is 4. The van der Waals surface area contributed by atoms with Crippen LogP contribution in [-0.2, 0) is 13.1 Å². The molecule has 3 aromatic rings. The number of pyridine rings is 1. The zero-order valence-corrected chi connectivity index (χ0v) is 14.7. The van der Waals surface area contributed by atoms with E-state index in [-0.39, 0.29) is 5.56 Å². The Morgan fingerprint density at radius 3 is 2.88 bits per heavy atom. The second-order valence-electron chi connectivity index (χ2n) is 7.03. The van der Waals surface area contributed by atoms with Crippen molar-refractivity contribution < 1.29 is 0 Å². The molecule has 130 valence electrons. The lowest BCUT2D eigenvalue weighted by Crippen LogP contribution is -2.33. The summed E-state index contributed by atoms with van der Waals surface area (Å²) in [5, 5.41) is 4.41. The fourth-order valence-corrected chi connectivity index (χ4v) is 3.64. The number of fused-ring (bicyclic) bond motifs is 1. The van der Waals surface area contributed by atoms with Gasteiger partial charge in [0.15, 0.2) is 0 Å². The van der Waals surface area contributed by atoms with Gasteiger partial charge in [-0.3, -0.25) is 18.8 Å². The molecule has 0 amide bonds. The summed E-state index contributed by atoms with van der Waals surface area (Å²) in [4.78, 5) is 19.5. The van der Waals surface area contributed by atoms with Crippen molar-refractivity contribution in [1.82, 2.24) is 24.1 Å². The molecule has 0 aliphatic carbocycles. The van der Waals surface area contributed by atoms with Crippen molar-refractivity contribution in [3.05, 3.63) is 64.0 Å². The topological polar surface area (TPSA) is 55.4 Å². The first kappa shape index (κ1) is 16.0. The maximum Gasteiger partial charge on any atom is 0.258 e. The smallest absolute Gasteiger partial charge is 0.258 e. The normalized spacial score (nSPS) is 18.2. The average Bonchev–Trinajstić information content (AvgIpc) is 3.18. The molecule has 1 fully saturated rings. The van der Waals surface area contributed by atoms with E-state index in [1.54, 1.807) is 10.5 Å². The van der Waals surface area contributed by atoms with Crippen molar-refractivity contribution >= 4 is 5.65 Å².